The van der Waals surface area contributed by atoms with Crippen LogP contribution in [0.25, 0.3) is 0 Å². The van der Waals surface area contributed by atoms with E-state index in [4.69, 9.17) is 4.74 Å². The normalized spacial score (nSPS) is 9.83. The molecule has 0 saturated carbocycles. The summed E-state index contributed by atoms with van der Waals surface area (Å²) < 4.78 is 18.5. The van der Waals surface area contributed by atoms with E-state index in [1.807, 2.05) is 0 Å². The fraction of sp³-hybridized carbons (Fsp3) is 0.0714. The van der Waals surface area contributed by atoms with E-state index in [1.165, 1.54) is 12.1 Å². The fourth-order valence-electron chi connectivity index (χ4n) is 1.54. The zero-order valence-corrected chi connectivity index (χ0v) is 9.60. The van der Waals surface area contributed by atoms with Crippen LogP contribution in [0.5, 0.6) is 5.75 Å². The number of carbonyl (C=O) groups is 1. The molecule has 0 aromatic heterocycles. The molecule has 0 radical (unpaired) electrons. The van der Waals surface area contributed by atoms with Crippen molar-refractivity contribution in [2.75, 3.05) is 5.32 Å². The monoisotopic (exact) mass is 245 g/mol. The van der Waals surface area contributed by atoms with Crippen LogP contribution in [0, 0.1) is 5.82 Å². The van der Waals surface area contributed by atoms with Crippen LogP contribution in [0.3, 0.4) is 0 Å². The Morgan fingerprint density at radius 2 is 2.00 bits per heavy atom. The van der Waals surface area contributed by atoms with Crippen LogP contribution in [-0.2, 0) is 11.4 Å². The zero-order chi connectivity index (χ0) is 12.8. The van der Waals surface area contributed by atoms with Crippen molar-refractivity contribution in [3.05, 3.63) is 59.9 Å². The van der Waals surface area contributed by atoms with E-state index in [0.717, 1.165) is 5.56 Å². The molecular formula is C14H12FNO2. The lowest BCUT2D eigenvalue weighted by molar-refractivity contribution is -0.105. The van der Waals surface area contributed by atoms with Crippen LogP contribution in [0.1, 0.15) is 5.56 Å². The second-order valence-corrected chi connectivity index (χ2v) is 3.71. The molecule has 0 aliphatic heterocycles. The number of hydrogen-bond donors (Lipinski definition) is 1. The molecule has 2 aromatic rings. The summed E-state index contributed by atoms with van der Waals surface area (Å²) in [6.07, 6.45) is 0.603. The van der Waals surface area contributed by atoms with Gasteiger partial charge in [-0.05, 0) is 29.8 Å². The maximum Gasteiger partial charge on any atom is 0.211 e. The molecule has 0 aliphatic carbocycles. The van der Waals surface area contributed by atoms with Gasteiger partial charge in [0.05, 0.1) is 0 Å². The first-order valence-electron chi connectivity index (χ1n) is 5.45. The number of hydrogen-bond acceptors (Lipinski definition) is 2. The Labute approximate surface area is 104 Å². The first-order chi connectivity index (χ1) is 8.78. The van der Waals surface area contributed by atoms with Crippen LogP contribution in [0.2, 0.25) is 0 Å². The van der Waals surface area contributed by atoms with Crippen LogP contribution in [-0.4, -0.2) is 6.41 Å². The molecule has 0 heterocycles. The summed E-state index contributed by atoms with van der Waals surface area (Å²) in [5, 5.41) is 2.53. The van der Waals surface area contributed by atoms with Gasteiger partial charge in [0.15, 0.2) is 0 Å². The first kappa shape index (κ1) is 12.1. The van der Waals surface area contributed by atoms with E-state index < -0.39 is 0 Å². The summed E-state index contributed by atoms with van der Waals surface area (Å²) in [5.41, 5.74) is 1.41. The second kappa shape index (κ2) is 5.82. The van der Waals surface area contributed by atoms with Crippen molar-refractivity contribution >= 4 is 12.1 Å². The Kier molecular flexibility index (Phi) is 3.91. The minimum absolute atomic E-state index is 0.280. The Morgan fingerprint density at radius 3 is 2.78 bits per heavy atom. The van der Waals surface area contributed by atoms with Crippen molar-refractivity contribution in [2.45, 2.75) is 6.61 Å². The third kappa shape index (κ3) is 3.31. The van der Waals surface area contributed by atoms with Gasteiger partial charge in [-0.25, -0.2) is 4.39 Å². The molecule has 4 heteroatoms. The van der Waals surface area contributed by atoms with Gasteiger partial charge < -0.3 is 10.1 Å². The lowest BCUT2D eigenvalue weighted by Crippen LogP contribution is -1.97. The third-order valence-corrected chi connectivity index (χ3v) is 2.35. The average Bonchev–Trinajstić information content (AvgIpc) is 2.37. The number of benzene rings is 2. The maximum absolute atomic E-state index is 13.0. The van der Waals surface area contributed by atoms with Gasteiger partial charge in [0.1, 0.15) is 18.2 Å². The van der Waals surface area contributed by atoms with Crippen LogP contribution in [0.4, 0.5) is 10.1 Å². The molecule has 2 aromatic carbocycles. The molecule has 0 saturated heterocycles. The molecule has 2 rings (SSSR count). The molecule has 0 atom stereocenters. The minimum Gasteiger partial charge on any atom is -0.489 e. The SMILES string of the molecule is O=CNc1cccc(OCc2cccc(F)c2)c1. The molecule has 0 bridgehead atoms. The second-order valence-electron chi connectivity index (χ2n) is 3.71. The van der Waals surface area contributed by atoms with Gasteiger partial charge in [-0.15, -0.1) is 0 Å². The Hall–Kier alpha value is -2.36. The number of halogens is 1. The Balaban J connectivity index is 2.01. The number of amides is 1. The Morgan fingerprint density at radius 1 is 1.17 bits per heavy atom. The molecule has 3 nitrogen and oxygen atoms in total. The van der Waals surface area contributed by atoms with Gasteiger partial charge in [-0.2, -0.15) is 0 Å². The number of rotatable bonds is 5. The van der Waals surface area contributed by atoms with Crippen molar-refractivity contribution in [3.8, 4) is 5.75 Å². The zero-order valence-electron chi connectivity index (χ0n) is 9.60. The maximum atomic E-state index is 13.0. The smallest absolute Gasteiger partial charge is 0.211 e. The molecule has 0 aliphatic rings. The Bertz CT molecular complexity index is 543. The van der Waals surface area contributed by atoms with Gasteiger partial charge in [-0.3, -0.25) is 4.79 Å². The quantitative estimate of drug-likeness (QED) is 0.822. The van der Waals surface area contributed by atoms with E-state index in [0.29, 0.717) is 17.8 Å². The molecule has 1 N–H and O–H groups in total. The molecule has 1 amide bonds. The highest BCUT2D eigenvalue weighted by atomic mass is 19.1. The van der Waals surface area contributed by atoms with Crippen molar-refractivity contribution in [1.29, 1.82) is 0 Å². The fourth-order valence-corrected chi connectivity index (χ4v) is 1.54. The van der Waals surface area contributed by atoms with Gasteiger partial charge in [0, 0.05) is 11.8 Å². The highest BCUT2D eigenvalue weighted by Gasteiger charge is 1.99. The van der Waals surface area contributed by atoms with Crippen LogP contribution < -0.4 is 10.1 Å². The summed E-state index contributed by atoms with van der Waals surface area (Å²) >= 11 is 0. The van der Waals surface area contributed by atoms with Crippen LogP contribution in [0.15, 0.2) is 48.5 Å². The lowest BCUT2D eigenvalue weighted by atomic mass is 10.2. The van der Waals surface area contributed by atoms with Crippen molar-refractivity contribution in [3.63, 3.8) is 0 Å². The van der Waals surface area contributed by atoms with E-state index in [1.54, 1.807) is 36.4 Å². The minimum atomic E-state index is -0.285. The predicted octanol–water partition coefficient (Wildman–Crippen LogP) is 2.97. The van der Waals surface area contributed by atoms with E-state index in [2.05, 4.69) is 5.32 Å². The lowest BCUT2D eigenvalue weighted by Gasteiger charge is -2.07. The summed E-state index contributed by atoms with van der Waals surface area (Å²) in [6.45, 7) is 0.280. The number of carbonyl (C=O) groups excluding carboxylic acids is 1. The van der Waals surface area contributed by atoms with Crippen molar-refractivity contribution < 1.29 is 13.9 Å². The molecule has 92 valence electrons. The molecular weight excluding hydrogens is 233 g/mol. The number of anilines is 1. The van der Waals surface area contributed by atoms with E-state index in [9.17, 15) is 9.18 Å². The molecule has 18 heavy (non-hydrogen) atoms. The van der Waals surface area contributed by atoms with Gasteiger partial charge in [-0.1, -0.05) is 18.2 Å². The van der Waals surface area contributed by atoms with Gasteiger partial charge in [0.25, 0.3) is 0 Å². The average molecular weight is 245 g/mol. The summed E-state index contributed by atoms with van der Waals surface area (Å²) in [4.78, 5) is 10.3. The van der Waals surface area contributed by atoms with E-state index in [-0.39, 0.29) is 12.4 Å². The highest BCUT2D eigenvalue weighted by Crippen LogP contribution is 2.18. The summed E-state index contributed by atoms with van der Waals surface area (Å²) in [5.74, 6) is 0.332. The van der Waals surface area contributed by atoms with Crippen LogP contribution >= 0.6 is 0 Å². The number of ether oxygens (including phenoxy) is 1. The number of nitrogens with one attached hydrogen (secondary N) is 1. The molecule has 0 unspecified atom stereocenters. The topological polar surface area (TPSA) is 38.3 Å². The standard InChI is InChI=1S/C14H12FNO2/c15-12-4-1-3-11(7-12)9-18-14-6-2-5-13(8-14)16-10-17/h1-8,10H,9H2,(H,16,17). The molecule has 0 fully saturated rings. The summed E-state index contributed by atoms with van der Waals surface area (Å²) in [6, 6.07) is 13.2. The van der Waals surface area contributed by atoms with E-state index >= 15 is 0 Å². The highest BCUT2D eigenvalue weighted by molar-refractivity contribution is 5.71. The van der Waals surface area contributed by atoms with Crippen molar-refractivity contribution in [2.24, 2.45) is 0 Å². The predicted molar refractivity (Wildman–Crippen MR) is 66.9 cm³/mol. The van der Waals surface area contributed by atoms with Crippen molar-refractivity contribution in [1.82, 2.24) is 0 Å². The van der Waals surface area contributed by atoms with Gasteiger partial charge in [0.2, 0.25) is 6.41 Å². The largest absolute Gasteiger partial charge is 0.489 e. The first-order valence-corrected chi connectivity index (χ1v) is 5.45. The molecule has 0 spiro atoms. The third-order valence-electron chi connectivity index (χ3n) is 2.35. The summed E-state index contributed by atoms with van der Waals surface area (Å²) in [7, 11) is 0. The van der Waals surface area contributed by atoms with Gasteiger partial charge >= 0.3 is 0 Å².